The summed E-state index contributed by atoms with van der Waals surface area (Å²) in [7, 11) is 0. The number of carboxylic acids is 1. The molecule has 256 valence electrons. The van der Waals surface area contributed by atoms with Crippen molar-refractivity contribution < 1.29 is 39.4 Å². The van der Waals surface area contributed by atoms with Gasteiger partial charge >= 0.3 is 5.97 Å². The van der Waals surface area contributed by atoms with Crippen molar-refractivity contribution in [2.24, 2.45) is 11.8 Å². The van der Waals surface area contributed by atoms with Gasteiger partial charge in [0, 0.05) is 12.8 Å². The number of carbonyl (C=O) groups is 5. The summed E-state index contributed by atoms with van der Waals surface area (Å²) in [6.45, 7) is 14.4. The van der Waals surface area contributed by atoms with Crippen molar-refractivity contribution >= 4 is 29.6 Å². The fourth-order valence-electron chi connectivity index (χ4n) is 4.24. The van der Waals surface area contributed by atoms with Gasteiger partial charge in [0.1, 0.15) is 18.1 Å². The minimum absolute atomic E-state index is 0.00903. The van der Waals surface area contributed by atoms with Crippen LogP contribution in [-0.4, -0.2) is 81.4 Å². The molecule has 0 bridgehead atoms. The number of amides is 4. The molecule has 0 heterocycles. The molecular formula is C33H56N4O8. The zero-order valence-electron chi connectivity index (χ0n) is 28.3. The lowest BCUT2D eigenvalue weighted by Crippen LogP contribution is -2.57. The number of hydrogen-bond acceptors (Lipinski definition) is 7. The molecule has 0 aromatic carbocycles. The van der Waals surface area contributed by atoms with Gasteiger partial charge in [-0.2, -0.15) is 0 Å². The smallest absolute Gasteiger partial charge is 0.328 e. The normalized spacial score (nSPS) is 14.0. The van der Waals surface area contributed by atoms with E-state index in [1.165, 1.54) is 11.1 Å². The minimum Gasteiger partial charge on any atom is -0.480 e. The molecule has 0 spiro atoms. The van der Waals surface area contributed by atoms with E-state index in [1.807, 2.05) is 20.8 Å². The molecule has 0 aromatic rings. The zero-order chi connectivity index (χ0) is 34.7. The van der Waals surface area contributed by atoms with E-state index in [0.29, 0.717) is 5.06 Å². The van der Waals surface area contributed by atoms with Gasteiger partial charge in [0.05, 0.1) is 13.2 Å². The predicted octanol–water partition coefficient (Wildman–Crippen LogP) is 3.64. The first-order chi connectivity index (χ1) is 21.0. The molecule has 0 saturated heterocycles. The minimum atomic E-state index is -1.53. The third-order valence-corrected chi connectivity index (χ3v) is 6.99. The molecule has 12 heteroatoms. The number of allylic oxidation sites excluding steroid dienone is 5. The summed E-state index contributed by atoms with van der Waals surface area (Å²) in [4.78, 5) is 62.1. The van der Waals surface area contributed by atoms with Gasteiger partial charge in [-0.15, -0.1) is 0 Å². The van der Waals surface area contributed by atoms with Crippen LogP contribution in [0.5, 0.6) is 0 Å². The van der Waals surface area contributed by atoms with E-state index >= 15 is 0 Å². The van der Waals surface area contributed by atoms with Crippen molar-refractivity contribution in [3.05, 3.63) is 34.9 Å². The van der Waals surface area contributed by atoms with Gasteiger partial charge < -0.3 is 26.2 Å². The third kappa shape index (κ3) is 18.8. The molecule has 0 aromatic heterocycles. The van der Waals surface area contributed by atoms with Crippen LogP contribution in [0.2, 0.25) is 0 Å². The quantitative estimate of drug-likeness (QED) is 0.0626. The second-order valence-corrected chi connectivity index (χ2v) is 12.5. The van der Waals surface area contributed by atoms with Crippen LogP contribution in [0.15, 0.2) is 34.9 Å². The number of nitrogens with zero attached hydrogens (tertiary/aromatic N) is 1. The van der Waals surface area contributed by atoms with Crippen LogP contribution in [0.4, 0.5) is 0 Å². The molecular weight excluding hydrogens is 580 g/mol. The molecule has 0 rings (SSSR count). The Morgan fingerprint density at radius 2 is 1.29 bits per heavy atom. The van der Waals surface area contributed by atoms with Crippen molar-refractivity contribution in [1.82, 2.24) is 21.0 Å². The van der Waals surface area contributed by atoms with Gasteiger partial charge in [-0.1, -0.05) is 62.6 Å². The zero-order valence-corrected chi connectivity index (χ0v) is 28.3. The molecule has 6 N–H and O–H groups in total. The second kappa shape index (κ2) is 22.1. The van der Waals surface area contributed by atoms with Gasteiger partial charge in [0.25, 0.3) is 0 Å². The highest BCUT2D eigenvalue weighted by Gasteiger charge is 2.31. The van der Waals surface area contributed by atoms with Crippen molar-refractivity contribution in [3.63, 3.8) is 0 Å². The Labute approximate surface area is 268 Å². The van der Waals surface area contributed by atoms with Crippen LogP contribution in [-0.2, 0) is 24.0 Å². The molecule has 45 heavy (non-hydrogen) atoms. The Morgan fingerprint density at radius 3 is 1.80 bits per heavy atom. The van der Waals surface area contributed by atoms with E-state index < -0.39 is 54.3 Å². The van der Waals surface area contributed by atoms with Crippen molar-refractivity contribution in [2.45, 2.75) is 118 Å². The Bertz CT molecular complexity index is 1080. The summed E-state index contributed by atoms with van der Waals surface area (Å²) in [6.07, 6.45) is 9.53. The number of hydrogen-bond donors (Lipinski definition) is 6. The van der Waals surface area contributed by atoms with Crippen LogP contribution < -0.4 is 16.0 Å². The van der Waals surface area contributed by atoms with E-state index in [4.69, 9.17) is 5.11 Å². The fourth-order valence-corrected chi connectivity index (χ4v) is 4.24. The van der Waals surface area contributed by atoms with Crippen LogP contribution in [0.25, 0.3) is 0 Å². The lowest BCUT2D eigenvalue weighted by molar-refractivity contribution is -0.163. The Kier molecular flexibility index (Phi) is 20.3. The van der Waals surface area contributed by atoms with E-state index in [1.54, 1.807) is 19.9 Å². The highest BCUT2D eigenvalue weighted by Crippen LogP contribution is 2.12. The van der Waals surface area contributed by atoms with Gasteiger partial charge in [-0.25, -0.2) is 9.86 Å². The van der Waals surface area contributed by atoms with Crippen LogP contribution in [0, 0.1) is 11.8 Å². The largest absolute Gasteiger partial charge is 0.480 e. The Balaban J connectivity index is 4.99. The number of aliphatic carboxylic acids is 1. The summed E-state index contributed by atoms with van der Waals surface area (Å²) in [5.41, 5.74) is 3.65. The average molecular weight is 637 g/mol. The molecule has 0 fully saturated rings. The van der Waals surface area contributed by atoms with Gasteiger partial charge in [-0.05, 0) is 71.6 Å². The monoisotopic (exact) mass is 636 g/mol. The SMILES string of the molecule is CC(C)=CCC/C(C)=C/CC/C(C)=C/CN(O)C(=O)CCC(=O)N[C@H](C(=O)N[C@@H](CC(C)C)C(=O)N[C@@H](CO)C(=O)O)C(C)C. The summed E-state index contributed by atoms with van der Waals surface area (Å²) in [5.74, 6) is -4.48. The number of nitrogens with one attached hydrogen (secondary N) is 3. The fraction of sp³-hybridized carbons (Fsp3) is 0.667. The highest BCUT2D eigenvalue weighted by atomic mass is 16.5. The summed E-state index contributed by atoms with van der Waals surface area (Å²) < 4.78 is 0. The lowest BCUT2D eigenvalue weighted by atomic mass is 9.99. The maximum atomic E-state index is 13.1. The first kappa shape index (κ1) is 41.5. The van der Waals surface area contributed by atoms with Gasteiger partial charge in [-0.3, -0.25) is 24.4 Å². The van der Waals surface area contributed by atoms with Crippen molar-refractivity contribution in [3.8, 4) is 0 Å². The maximum Gasteiger partial charge on any atom is 0.328 e. The number of aliphatic hydroxyl groups excluding tert-OH is 1. The van der Waals surface area contributed by atoms with E-state index in [9.17, 15) is 34.3 Å². The van der Waals surface area contributed by atoms with Gasteiger partial charge in [0.15, 0.2) is 0 Å². The van der Waals surface area contributed by atoms with Crippen LogP contribution >= 0.6 is 0 Å². The average Bonchev–Trinajstić information content (AvgIpc) is 2.94. The molecule has 0 aliphatic carbocycles. The standard InChI is InChI=1S/C33H56N4O8/c1-21(2)11-9-12-24(7)13-10-14-25(8)17-18-37(45)29(40)16-15-28(39)36-30(23(5)6)32(42)34-26(19-22(3)4)31(41)35-27(20-38)33(43)44/h11,13,17,22-23,26-27,30,38,45H,9-10,12,14-16,18-20H2,1-8H3,(H,34,42)(H,35,41)(H,36,39)(H,43,44)/b24-13+,25-17+/t26-,27-,30-/m0/s1. The Morgan fingerprint density at radius 1 is 0.733 bits per heavy atom. The van der Waals surface area contributed by atoms with Crippen molar-refractivity contribution in [2.75, 3.05) is 13.2 Å². The van der Waals surface area contributed by atoms with E-state index in [0.717, 1.165) is 31.3 Å². The number of hydroxylamine groups is 2. The number of carboxylic acid groups (broad SMARTS) is 1. The summed E-state index contributed by atoms with van der Waals surface area (Å²) >= 11 is 0. The molecule has 12 nitrogen and oxygen atoms in total. The summed E-state index contributed by atoms with van der Waals surface area (Å²) in [5, 5.41) is 36.5. The summed E-state index contributed by atoms with van der Waals surface area (Å²) in [6, 6.07) is -3.66. The first-order valence-corrected chi connectivity index (χ1v) is 15.7. The van der Waals surface area contributed by atoms with E-state index in [2.05, 4.69) is 48.9 Å². The Hall–Kier alpha value is -3.51. The second-order valence-electron chi connectivity index (χ2n) is 12.5. The van der Waals surface area contributed by atoms with E-state index in [-0.39, 0.29) is 37.6 Å². The number of carbonyl (C=O) groups excluding carboxylic acids is 4. The first-order valence-electron chi connectivity index (χ1n) is 15.7. The number of aliphatic hydroxyl groups is 1. The van der Waals surface area contributed by atoms with Gasteiger partial charge in [0.2, 0.25) is 23.6 Å². The third-order valence-electron chi connectivity index (χ3n) is 6.99. The molecule has 0 unspecified atom stereocenters. The highest BCUT2D eigenvalue weighted by molar-refractivity contribution is 5.94. The molecule has 0 aliphatic heterocycles. The topological polar surface area (TPSA) is 185 Å². The lowest BCUT2D eigenvalue weighted by Gasteiger charge is -2.26. The molecule has 4 amide bonds. The van der Waals surface area contributed by atoms with Crippen LogP contribution in [0.3, 0.4) is 0 Å². The molecule has 3 atom stereocenters. The maximum absolute atomic E-state index is 13.1. The number of rotatable bonds is 21. The molecule has 0 saturated carbocycles. The van der Waals surface area contributed by atoms with Crippen molar-refractivity contribution in [1.29, 1.82) is 0 Å². The molecule has 0 radical (unpaired) electrons. The van der Waals surface area contributed by atoms with Crippen LogP contribution in [0.1, 0.15) is 100 Å². The molecule has 0 aliphatic rings. The predicted molar refractivity (Wildman–Crippen MR) is 173 cm³/mol.